The lowest BCUT2D eigenvalue weighted by Gasteiger charge is -2.13. The number of benzene rings is 2. The van der Waals surface area contributed by atoms with Crippen molar-refractivity contribution in [2.45, 2.75) is 13.8 Å². The van der Waals surface area contributed by atoms with Crippen LogP contribution in [0, 0.1) is 13.8 Å². The molecule has 2 aromatic carbocycles. The fourth-order valence-corrected chi connectivity index (χ4v) is 4.61. The van der Waals surface area contributed by atoms with E-state index < -0.39 is 0 Å². The Labute approximate surface area is 168 Å². The van der Waals surface area contributed by atoms with E-state index >= 15 is 0 Å². The first-order valence-corrected chi connectivity index (χ1v) is 9.86. The summed E-state index contributed by atoms with van der Waals surface area (Å²) in [6, 6.07) is 21.9. The Bertz CT molecular complexity index is 1050. The van der Waals surface area contributed by atoms with E-state index in [0.717, 1.165) is 28.3 Å². The number of thioether (sulfide) groups is 1. The van der Waals surface area contributed by atoms with Gasteiger partial charge in [-0.15, -0.1) is 0 Å². The smallest absolute Gasteiger partial charge is 0.270 e. The zero-order valence-electron chi connectivity index (χ0n) is 15.0. The second kappa shape index (κ2) is 7.18. The third-order valence-electron chi connectivity index (χ3n) is 4.58. The molecule has 0 radical (unpaired) electrons. The van der Waals surface area contributed by atoms with Gasteiger partial charge in [-0.3, -0.25) is 9.69 Å². The standard InChI is InChI=1S/C22H18N2OS2/c1-15-13-17(16(2)23(15)18-9-5-3-6-10-18)14-20-21(25)24(22(26)27-20)19-11-7-4-8-12-19/h3-14H,1-2H3/b20-14-. The molecule has 0 bridgehead atoms. The van der Waals surface area contributed by atoms with Gasteiger partial charge in [-0.2, -0.15) is 0 Å². The quantitative estimate of drug-likeness (QED) is 0.436. The summed E-state index contributed by atoms with van der Waals surface area (Å²) >= 11 is 6.81. The van der Waals surface area contributed by atoms with Crippen LogP contribution < -0.4 is 4.90 Å². The van der Waals surface area contributed by atoms with Crippen LogP contribution in [0.1, 0.15) is 17.0 Å². The van der Waals surface area contributed by atoms with Crippen molar-refractivity contribution in [3.8, 4) is 5.69 Å². The second-order valence-corrected chi connectivity index (χ2v) is 8.03. The van der Waals surface area contributed by atoms with Gasteiger partial charge in [-0.05, 0) is 55.8 Å². The summed E-state index contributed by atoms with van der Waals surface area (Å²) in [6.07, 6.45) is 1.95. The fraction of sp³-hybridized carbons (Fsp3) is 0.0909. The Kier molecular flexibility index (Phi) is 4.72. The molecule has 0 saturated carbocycles. The van der Waals surface area contributed by atoms with Crippen molar-refractivity contribution >= 4 is 46.0 Å². The van der Waals surface area contributed by atoms with E-state index in [0.29, 0.717) is 9.23 Å². The van der Waals surface area contributed by atoms with Crippen LogP contribution >= 0.6 is 24.0 Å². The molecule has 3 nitrogen and oxygen atoms in total. The normalized spacial score (nSPS) is 15.8. The molecule has 4 rings (SSSR count). The maximum absolute atomic E-state index is 12.9. The van der Waals surface area contributed by atoms with Gasteiger partial charge in [0.1, 0.15) is 0 Å². The van der Waals surface area contributed by atoms with Gasteiger partial charge < -0.3 is 4.57 Å². The monoisotopic (exact) mass is 390 g/mol. The van der Waals surface area contributed by atoms with E-state index in [2.05, 4.69) is 36.6 Å². The third kappa shape index (κ3) is 3.24. The van der Waals surface area contributed by atoms with E-state index in [1.807, 2.05) is 54.6 Å². The van der Waals surface area contributed by atoms with E-state index in [-0.39, 0.29) is 5.91 Å². The van der Waals surface area contributed by atoms with Crippen LogP contribution in [0.2, 0.25) is 0 Å². The summed E-state index contributed by atoms with van der Waals surface area (Å²) in [4.78, 5) is 15.2. The Morgan fingerprint density at radius 2 is 1.52 bits per heavy atom. The van der Waals surface area contributed by atoms with Crippen LogP contribution in [0.3, 0.4) is 0 Å². The lowest BCUT2D eigenvalue weighted by atomic mass is 10.2. The zero-order chi connectivity index (χ0) is 19.0. The number of aryl methyl sites for hydroxylation is 1. The molecule has 27 heavy (non-hydrogen) atoms. The third-order valence-corrected chi connectivity index (χ3v) is 5.88. The Morgan fingerprint density at radius 1 is 0.926 bits per heavy atom. The van der Waals surface area contributed by atoms with Gasteiger partial charge in [0.15, 0.2) is 4.32 Å². The first kappa shape index (κ1) is 17.8. The molecule has 1 saturated heterocycles. The molecule has 1 amide bonds. The highest BCUT2D eigenvalue weighted by Crippen LogP contribution is 2.36. The van der Waals surface area contributed by atoms with Crippen molar-refractivity contribution in [1.29, 1.82) is 0 Å². The van der Waals surface area contributed by atoms with Crippen molar-refractivity contribution in [2.24, 2.45) is 0 Å². The number of aromatic nitrogens is 1. The van der Waals surface area contributed by atoms with Gasteiger partial charge in [-0.25, -0.2) is 0 Å². The van der Waals surface area contributed by atoms with Crippen molar-refractivity contribution in [2.75, 3.05) is 4.90 Å². The minimum atomic E-state index is -0.0688. The molecule has 0 aliphatic carbocycles. The number of hydrogen-bond acceptors (Lipinski definition) is 3. The molecule has 0 atom stereocenters. The van der Waals surface area contributed by atoms with Gasteiger partial charge >= 0.3 is 0 Å². The number of rotatable bonds is 3. The Hall–Kier alpha value is -2.63. The molecule has 3 aromatic rings. The number of anilines is 1. The van der Waals surface area contributed by atoms with E-state index in [9.17, 15) is 4.79 Å². The molecular formula is C22H18N2OS2. The highest BCUT2D eigenvalue weighted by Gasteiger charge is 2.33. The minimum absolute atomic E-state index is 0.0688. The largest absolute Gasteiger partial charge is 0.318 e. The Morgan fingerprint density at radius 3 is 2.15 bits per heavy atom. The lowest BCUT2D eigenvalue weighted by Crippen LogP contribution is -2.27. The summed E-state index contributed by atoms with van der Waals surface area (Å²) in [5, 5.41) is 0. The van der Waals surface area contributed by atoms with E-state index in [4.69, 9.17) is 12.2 Å². The van der Waals surface area contributed by atoms with Crippen LogP contribution in [0.15, 0.2) is 71.6 Å². The molecule has 0 unspecified atom stereocenters. The van der Waals surface area contributed by atoms with Crippen LogP contribution in [0.4, 0.5) is 5.69 Å². The number of nitrogens with zero attached hydrogens (tertiary/aromatic N) is 2. The summed E-state index contributed by atoms with van der Waals surface area (Å²) in [5.74, 6) is -0.0688. The average Bonchev–Trinajstić information content (AvgIpc) is 3.11. The molecule has 1 aliphatic rings. The highest BCUT2D eigenvalue weighted by molar-refractivity contribution is 8.27. The second-order valence-electron chi connectivity index (χ2n) is 6.35. The van der Waals surface area contributed by atoms with Gasteiger partial charge in [0.25, 0.3) is 5.91 Å². The Balaban J connectivity index is 1.71. The highest BCUT2D eigenvalue weighted by atomic mass is 32.2. The van der Waals surface area contributed by atoms with E-state index in [1.54, 1.807) is 4.90 Å². The van der Waals surface area contributed by atoms with Crippen LogP contribution in [-0.2, 0) is 4.79 Å². The fourth-order valence-electron chi connectivity index (χ4n) is 3.32. The number of thiocarbonyl (C=S) groups is 1. The molecule has 1 fully saturated rings. The number of carbonyl (C=O) groups excluding carboxylic acids is 1. The van der Waals surface area contributed by atoms with Crippen molar-refractivity contribution in [3.63, 3.8) is 0 Å². The van der Waals surface area contributed by atoms with Crippen molar-refractivity contribution in [1.82, 2.24) is 4.57 Å². The number of hydrogen-bond donors (Lipinski definition) is 0. The summed E-state index contributed by atoms with van der Waals surface area (Å²) in [7, 11) is 0. The van der Waals surface area contributed by atoms with Gasteiger partial charge in [0, 0.05) is 17.1 Å². The maximum Gasteiger partial charge on any atom is 0.270 e. The van der Waals surface area contributed by atoms with Crippen LogP contribution in [-0.4, -0.2) is 14.8 Å². The van der Waals surface area contributed by atoms with Gasteiger partial charge in [0.2, 0.25) is 0 Å². The molecule has 5 heteroatoms. The van der Waals surface area contributed by atoms with E-state index in [1.165, 1.54) is 11.8 Å². The lowest BCUT2D eigenvalue weighted by molar-refractivity contribution is -0.113. The van der Waals surface area contributed by atoms with Crippen LogP contribution in [0.5, 0.6) is 0 Å². The van der Waals surface area contributed by atoms with Gasteiger partial charge in [-0.1, -0.05) is 60.4 Å². The topological polar surface area (TPSA) is 25.2 Å². The van der Waals surface area contributed by atoms with Crippen LogP contribution in [0.25, 0.3) is 11.8 Å². The summed E-state index contributed by atoms with van der Waals surface area (Å²) in [5.41, 5.74) is 5.18. The molecule has 1 aromatic heterocycles. The molecule has 1 aliphatic heterocycles. The molecule has 0 N–H and O–H groups in total. The predicted molar refractivity (Wildman–Crippen MR) is 117 cm³/mol. The molecule has 134 valence electrons. The number of carbonyl (C=O) groups is 1. The maximum atomic E-state index is 12.9. The first-order valence-electron chi connectivity index (χ1n) is 8.63. The predicted octanol–water partition coefficient (Wildman–Crippen LogP) is 5.50. The minimum Gasteiger partial charge on any atom is -0.318 e. The number of para-hydroxylation sites is 2. The van der Waals surface area contributed by atoms with Crippen molar-refractivity contribution < 1.29 is 4.79 Å². The SMILES string of the molecule is Cc1cc(/C=C2\SC(=S)N(c3ccccc3)C2=O)c(C)n1-c1ccccc1. The number of amides is 1. The average molecular weight is 391 g/mol. The summed E-state index contributed by atoms with van der Waals surface area (Å²) < 4.78 is 2.76. The molecule has 2 heterocycles. The van der Waals surface area contributed by atoms with Gasteiger partial charge in [0.05, 0.1) is 10.6 Å². The van der Waals surface area contributed by atoms with Crippen molar-refractivity contribution in [3.05, 3.63) is 88.6 Å². The zero-order valence-corrected chi connectivity index (χ0v) is 16.7. The molecular weight excluding hydrogens is 372 g/mol. The first-order chi connectivity index (χ1) is 13.1. The summed E-state index contributed by atoms with van der Waals surface area (Å²) in [6.45, 7) is 4.15. The molecule has 0 spiro atoms.